The van der Waals surface area contributed by atoms with E-state index in [1.165, 1.54) is 0 Å². The number of carbonyl (C=O) groups excluding carboxylic acids is 2. The van der Waals surface area contributed by atoms with E-state index in [0.29, 0.717) is 38.2 Å². The Morgan fingerprint density at radius 1 is 0.886 bits per heavy atom. The number of likely N-dealkylation sites (tertiary alicyclic amines) is 1. The number of para-hydroxylation sites is 1. The molecule has 180 valence electrons. The maximum atomic E-state index is 13.3. The third-order valence-corrected chi connectivity index (χ3v) is 7.48. The van der Waals surface area contributed by atoms with Gasteiger partial charge in [-0.1, -0.05) is 78.9 Å². The second-order valence-electron chi connectivity index (χ2n) is 9.35. The number of amides is 2. The molecule has 1 spiro atoms. The van der Waals surface area contributed by atoms with Crippen LogP contribution < -0.4 is 4.74 Å². The molecule has 2 fully saturated rings. The van der Waals surface area contributed by atoms with Gasteiger partial charge in [0.1, 0.15) is 16.9 Å². The van der Waals surface area contributed by atoms with Crippen LogP contribution in [0.3, 0.4) is 0 Å². The smallest absolute Gasteiger partial charge is 0.411 e. The minimum absolute atomic E-state index is 0.00706. The molecule has 0 aliphatic carbocycles. The number of rotatable bonds is 6. The van der Waals surface area contributed by atoms with Gasteiger partial charge in [0.15, 0.2) is 6.61 Å². The quantitative estimate of drug-likeness (QED) is 0.509. The lowest BCUT2D eigenvalue weighted by Gasteiger charge is -2.48. The topological polar surface area (TPSA) is 59.1 Å². The largest absolute Gasteiger partial charge is 0.484 e. The molecule has 1 atom stereocenters. The number of hydrogen-bond donors (Lipinski definition) is 0. The molecule has 3 aromatic carbocycles. The average molecular weight is 471 g/mol. The van der Waals surface area contributed by atoms with Gasteiger partial charge in [0, 0.05) is 25.9 Å². The van der Waals surface area contributed by atoms with E-state index >= 15 is 0 Å². The Bertz CT molecular complexity index is 1160. The van der Waals surface area contributed by atoms with E-state index < -0.39 is 11.1 Å². The van der Waals surface area contributed by atoms with Gasteiger partial charge in [-0.3, -0.25) is 9.69 Å². The van der Waals surface area contributed by atoms with Crippen LogP contribution in [0.25, 0.3) is 0 Å². The van der Waals surface area contributed by atoms with Crippen molar-refractivity contribution in [3.8, 4) is 5.75 Å². The molecule has 5 rings (SSSR count). The van der Waals surface area contributed by atoms with E-state index in [9.17, 15) is 9.59 Å². The molecule has 2 saturated heterocycles. The predicted octanol–water partition coefficient (Wildman–Crippen LogP) is 4.99. The lowest BCUT2D eigenvalue weighted by molar-refractivity contribution is -0.139. The van der Waals surface area contributed by atoms with Crippen LogP contribution in [0.4, 0.5) is 4.79 Å². The Kier molecular flexibility index (Phi) is 6.20. The van der Waals surface area contributed by atoms with Gasteiger partial charge in [0.05, 0.1) is 6.54 Å². The van der Waals surface area contributed by atoms with Gasteiger partial charge < -0.3 is 14.4 Å². The van der Waals surface area contributed by atoms with E-state index in [2.05, 4.69) is 19.1 Å². The fourth-order valence-corrected chi connectivity index (χ4v) is 5.38. The second-order valence-corrected chi connectivity index (χ2v) is 9.35. The molecule has 1 unspecified atom stereocenters. The van der Waals surface area contributed by atoms with Crippen LogP contribution in [0.1, 0.15) is 30.9 Å². The molecule has 2 aliphatic heterocycles. The first-order valence-corrected chi connectivity index (χ1v) is 12.1. The highest BCUT2D eigenvalue weighted by molar-refractivity contribution is 5.78. The predicted molar refractivity (Wildman–Crippen MR) is 133 cm³/mol. The molecule has 2 heterocycles. The maximum Gasteiger partial charge on any atom is 0.411 e. The number of piperidine rings is 1. The van der Waals surface area contributed by atoms with Gasteiger partial charge in [0.25, 0.3) is 5.91 Å². The standard InChI is InChI=1S/C29H30N2O4/c1-28(24-13-7-3-8-14-24)29(35-27(33)31(28)21-23-11-5-2-6-12-23)17-19-30(20-18-29)26(32)22-34-25-15-9-4-10-16-25/h2-16H,17-22H2,1H3. The van der Waals surface area contributed by atoms with Gasteiger partial charge in [0.2, 0.25) is 0 Å². The maximum absolute atomic E-state index is 13.3. The molecule has 35 heavy (non-hydrogen) atoms. The number of benzene rings is 3. The summed E-state index contributed by atoms with van der Waals surface area (Å²) < 4.78 is 11.9. The first-order chi connectivity index (χ1) is 17.0. The minimum atomic E-state index is -0.725. The Labute approximate surface area is 206 Å². The Balaban J connectivity index is 1.36. The highest BCUT2D eigenvalue weighted by Gasteiger charge is 2.63. The summed E-state index contributed by atoms with van der Waals surface area (Å²) in [7, 11) is 0. The third kappa shape index (κ3) is 4.25. The van der Waals surface area contributed by atoms with E-state index in [-0.39, 0.29) is 18.6 Å². The monoisotopic (exact) mass is 470 g/mol. The van der Waals surface area contributed by atoms with E-state index in [0.717, 1.165) is 11.1 Å². The van der Waals surface area contributed by atoms with Crippen LogP contribution in [0, 0.1) is 0 Å². The van der Waals surface area contributed by atoms with Crippen molar-refractivity contribution in [1.29, 1.82) is 0 Å². The summed E-state index contributed by atoms with van der Waals surface area (Å²) >= 11 is 0. The zero-order valence-electron chi connectivity index (χ0n) is 19.9. The molecule has 6 heteroatoms. The summed E-state index contributed by atoms with van der Waals surface area (Å²) in [6.45, 7) is 3.57. The number of nitrogens with zero attached hydrogens (tertiary/aromatic N) is 2. The zero-order valence-corrected chi connectivity index (χ0v) is 19.9. The fourth-order valence-electron chi connectivity index (χ4n) is 5.38. The molecule has 6 nitrogen and oxygen atoms in total. The summed E-state index contributed by atoms with van der Waals surface area (Å²) in [6, 6.07) is 29.4. The minimum Gasteiger partial charge on any atom is -0.484 e. The number of hydrogen-bond acceptors (Lipinski definition) is 4. The SMILES string of the molecule is CC1(c2ccccc2)N(Cc2ccccc2)C(=O)OC12CCN(C(=O)COc1ccccc1)CC2. The molecule has 0 aromatic heterocycles. The first-order valence-electron chi connectivity index (χ1n) is 12.1. The van der Waals surface area contributed by atoms with Crippen molar-refractivity contribution in [1.82, 2.24) is 9.80 Å². The summed E-state index contributed by atoms with van der Waals surface area (Å²) in [4.78, 5) is 29.8. The van der Waals surface area contributed by atoms with Crippen molar-refractivity contribution in [3.05, 3.63) is 102 Å². The molecule has 0 radical (unpaired) electrons. The van der Waals surface area contributed by atoms with Gasteiger partial charge in [-0.15, -0.1) is 0 Å². The van der Waals surface area contributed by atoms with E-state index in [1.54, 1.807) is 0 Å². The Morgan fingerprint density at radius 3 is 2.09 bits per heavy atom. The molecular weight excluding hydrogens is 440 g/mol. The number of ether oxygens (including phenoxy) is 2. The van der Waals surface area contributed by atoms with Crippen molar-refractivity contribution in [2.45, 2.75) is 37.5 Å². The third-order valence-electron chi connectivity index (χ3n) is 7.48. The second kappa shape index (κ2) is 9.45. The fraction of sp³-hybridized carbons (Fsp3) is 0.310. The zero-order chi connectivity index (χ0) is 24.3. The van der Waals surface area contributed by atoms with Crippen molar-refractivity contribution < 1.29 is 19.1 Å². The molecule has 0 bridgehead atoms. The summed E-state index contributed by atoms with van der Waals surface area (Å²) in [5.74, 6) is 0.614. The average Bonchev–Trinajstić information content (AvgIpc) is 3.11. The van der Waals surface area contributed by atoms with Crippen LogP contribution in [0.5, 0.6) is 5.75 Å². The molecule has 0 N–H and O–H groups in total. The van der Waals surface area contributed by atoms with Crippen LogP contribution in [0.15, 0.2) is 91.0 Å². The van der Waals surface area contributed by atoms with Gasteiger partial charge >= 0.3 is 6.09 Å². The highest BCUT2D eigenvalue weighted by Crippen LogP contribution is 2.52. The van der Waals surface area contributed by atoms with Crippen molar-refractivity contribution in [3.63, 3.8) is 0 Å². The van der Waals surface area contributed by atoms with Gasteiger partial charge in [-0.05, 0) is 30.2 Å². The first kappa shape index (κ1) is 23.0. The molecule has 0 saturated carbocycles. The van der Waals surface area contributed by atoms with E-state index in [1.807, 2.05) is 88.7 Å². The number of carbonyl (C=O) groups is 2. The molecular formula is C29H30N2O4. The van der Waals surface area contributed by atoms with Crippen molar-refractivity contribution in [2.24, 2.45) is 0 Å². The van der Waals surface area contributed by atoms with E-state index in [4.69, 9.17) is 9.47 Å². The summed E-state index contributed by atoms with van der Waals surface area (Å²) in [5.41, 5.74) is 0.692. The van der Waals surface area contributed by atoms with Crippen LogP contribution >= 0.6 is 0 Å². The Morgan fingerprint density at radius 2 is 1.46 bits per heavy atom. The summed E-state index contributed by atoms with van der Waals surface area (Å²) in [6.07, 6.45) is 0.811. The van der Waals surface area contributed by atoms with Crippen molar-refractivity contribution >= 4 is 12.0 Å². The lowest BCUT2D eigenvalue weighted by atomic mass is 9.70. The normalized spacial score (nSPS) is 21.1. The van der Waals surface area contributed by atoms with Crippen LogP contribution in [0.2, 0.25) is 0 Å². The Hall–Kier alpha value is -3.80. The van der Waals surface area contributed by atoms with Crippen molar-refractivity contribution in [2.75, 3.05) is 19.7 Å². The summed E-state index contributed by atoms with van der Waals surface area (Å²) in [5, 5.41) is 0. The molecule has 3 aromatic rings. The van der Waals surface area contributed by atoms with Crippen LogP contribution in [-0.4, -0.2) is 47.1 Å². The highest BCUT2D eigenvalue weighted by atomic mass is 16.6. The lowest BCUT2D eigenvalue weighted by Crippen LogP contribution is -2.59. The molecule has 2 amide bonds. The van der Waals surface area contributed by atoms with Crippen LogP contribution in [-0.2, 0) is 21.6 Å². The van der Waals surface area contributed by atoms with Gasteiger partial charge in [-0.25, -0.2) is 4.79 Å². The molecule has 2 aliphatic rings. The van der Waals surface area contributed by atoms with Gasteiger partial charge in [-0.2, -0.15) is 0 Å².